The fraction of sp³-hybridized carbons (Fsp3) is 0.250. The summed E-state index contributed by atoms with van der Waals surface area (Å²) in [5.41, 5.74) is 20.1. The van der Waals surface area contributed by atoms with E-state index >= 15 is 0 Å². The molecule has 294 valence electrons. The predicted molar refractivity (Wildman–Crippen MR) is 256 cm³/mol. The minimum absolute atomic E-state index is 0.0459. The Morgan fingerprint density at radius 3 is 2.23 bits per heavy atom. The number of aromatic nitrogens is 1. The first kappa shape index (κ1) is 35.9. The molecule has 0 radical (unpaired) electrons. The number of fused-ring (bicyclic) bond motifs is 12. The Balaban J connectivity index is 1.25. The van der Waals surface area contributed by atoms with Crippen LogP contribution < -0.4 is 16.0 Å². The van der Waals surface area contributed by atoms with Crippen LogP contribution in [-0.4, -0.2) is 11.3 Å². The summed E-state index contributed by atoms with van der Waals surface area (Å²) in [7, 11) is 0. The molecule has 12 rings (SSSR count). The summed E-state index contributed by atoms with van der Waals surface area (Å²) in [5.74, 6) is 0.461. The Kier molecular flexibility index (Phi) is 7.49. The molecule has 0 N–H and O–H groups in total. The van der Waals surface area contributed by atoms with Gasteiger partial charge in [0.2, 0.25) is 0 Å². The first-order valence-corrected chi connectivity index (χ1v) is 22.2. The van der Waals surface area contributed by atoms with E-state index in [0.29, 0.717) is 5.92 Å². The maximum absolute atomic E-state index is 7.58. The fourth-order valence-electron chi connectivity index (χ4n) is 11.7. The number of rotatable bonds is 5. The molecule has 0 unspecified atom stereocenters. The van der Waals surface area contributed by atoms with Gasteiger partial charge in [0.25, 0.3) is 0 Å². The topological polar surface area (TPSA) is 21.3 Å². The summed E-state index contributed by atoms with van der Waals surface area (Å²) in [5, 5.41) is 6.38. The van der Waals surface area contributed by atoms with E-state index in [0.717, 1.165) is 36.9 Å². The highest BCUT2D eigenvalue weighted by Gasteiger charge is 2.48. The molecule has 0 spiro atoms. The molecule has 7 aromatic carbocycles. The Morgan fingerprint density at radius 2 is 1.43 bits per heavy atom. The summed E-state index contributed by atoms with van der Waals surface area (Å²) < 4.78 is 10.2. The van der Waals surface area contributed by atoms with Crippen molar-refractivity contribution in [2.24, 2.45) is 0 Å². The molecule has 0 fully saturated rings. The van der Waals surface area contributed by atoms with Crippen molar-refractivity contribution in [3.63, 3.8) is 0 Å². The van der Waals surface area contributed by atoms with Gasteiger partial charge in [-0.25, -0.2) is 0 Å². The largest absolute Gasteiger partial charge is 0.466 e. The molecule has 0 saturated carbocycles. The summed E-state index contributed by atoms with van der Waals surface area (Å²) in [6.45, 7) is 16.5. The molecule has 0 amide bonds. The van der Waals surface area contributed by atoms with Crippen molar-refractivity contribution in [2.45, 2.75) is 90.9 Å². The average Bonchev–Trinajstić information content (AvgIpc) is 3.80. The van der Waals surface area contributed by atoms with E-state index in [1.54, 1.807) is 0 Å². The van der Waals surface area contributed by atoms with E-state index in [2.05, 4.69) is 185 Å². The lowest BCUT2D eigenvalue weighted by molar-refractivity contribution is 0.332. The Labute approximate surface area is 353 Å². The van der Waals surface area contributed by atoms with E-state index in [9.17, 15) is 0 Å². The van der Waals surface area contributed by atoms with Crippen LogP contribution in [0.5, 0.6) is 0 Å². The van der Waals surface area contributed by atoms with Gasteiger partial charge >= 0.3 is 6.85 Å². The van der Waals surface area contributed by atoms with Crippen LogP contribution >= 0.6 is 0 Å². The van der Waals surface area contributed by atoms with Crippen molar-refractivity contribution in [3.8, 4) is 22.3 Å². The molecule has 0 saturated heterocycles. The molecule has 3 aliphatic rings. The van der Waals surface area contributed by atoms with Crippen LogP contribution in [0.15, 0.2) is 132 Å². The first-order chi connectivity index (χ1) is 29.0. The minimum Gasteiger partial charge on any atom is -0.466 e. The van der Waals surface area contributed by atoms with Gasteiger partial charge < -0.3 is 13.8 Å². The van der Waals surface area contributed by atoms with Gasteiger partial charge in [-0.15, -0.1) is 0 Å². The van der Waals surface area contributed by atoms with Crippen molar-refractivity contribution in [3.05, 3.63) is 150 Å². The standard InChI is InChI=1S/C56H51BN2O/c1-8-15-34(3)37-23-24-46(41(30-37)35-16-10-9-11-17-35)58-48-29-33(2)28-42-39-20-14-21-40-50-38-19-13-12-18-36(38)22-25-47(50)59(52(39)40)57(51(42)48)54-53(58)43-31-44-45(32-49(43)60-54)56(6,7)27-26-55(44,4)5/h9-14,16-25,28-32,34H,8,15,26-27H2,1-7H3/t34-/m0/s1. The number of furan rings is 1. The number of benzene rings is 7. The fourth-order valence-corrected chi connectivity index (χ4v) is 11.7. The number of hydrogen-bond acceptors (Lipinski definition) is 2. The van der Waals surface area contributed by atoms with Crippen molar-refractivity contribution < 1.29 is 4.42 Å². The highest BCUT2D eigenvalue weighted by molar-refractivity contribution is 6.89. The number of para-hydroxylation sites is 1. The Bertz CT molecular complexity index is 3270. The summed E-state index contributed by atoms with van der Waals surface area (Å²) in [6, 6.07) is 48.7. The minimum atomic E-state index is -0.160. The lowest BCUT2D eigenvalue weighted by Gasteiger charge is -2.42. The van der Waals surface area contributed by atoms with E-state index in [1.807, 2.05) is 0 Å². The summed E-state index contributed by atoms with van der Waals surface area (Å²) in [6.07, 6.45) is 4.63. The molecule has 3 nitrogen and oxygen atoms in total. The highest BCUT2D eigenvalue weighted by Crippen LogP contribution is 2.53. The van der Waals surface area contributed by atoms with Crippen molar-refractivity contribution in [1.82, 2.24) is 4.48 Å². The maximum atomic E-state index is 7.58. The van der Waals surface area contributed by atoms with Gasteiger partial charge in [-0.3, -0.25) is 0 Å². The monoisotopic (exact) mass is 778 g/mol. The third-order valence-electron chi connectivity index (χ3n) is 14.8. The molecule has 60 heavy (non-hydrogen) atoms. The molecule has 1 atom stereocenters. The van der Waals surface area contributed by atoms with Crippen LogP contribution in [0.1, 0.15) is 95.4 Å². The highest BCUT2D eigenvalue weighted by atomic mass is 16.3. The predicted octanol–water partition coefficient (Wildman–Crippen LogP) is 14.3. The van der Waals surface area contributed by atoms with Gasteiger partial charge in [0.1, 0.15) is 11.2 Å². The molecule has 4 heteroatoms. The second-order valence-electron chi connectivity index (χ2n) is 19.5. The zero-order valence-corrected chi connectivity index (χ0v) is 35.9. The molecular formula is C56H51BN2O. The third kappa shape index (κ3) is 4.85. The molecule has 2 aliphatic heterocycles. The van der Waals surface area contributed by atoms with Crippen molar-refractivity contribution in [1.29, 1.82) is 0 Å². The van der Waals surface area contributed by atoms with Crippen molar-refractivity contribution >= 4 is 78.6 Å². The zero-order chi connectivity index (χ0) is 40.8. The first-order valence-electron chi connectivity index (χ1n) is 22.2. The molecule has 1 aliphatic carbocycles. The van der Waals surface area contributed by atoms with Crippen LogP contribution in [0.2, 0.25) is 0 Å². The number of aryl methyl sites for hydroxylation is 1. The summed E-state index contributed by atoms with van der Waals surface area (Å²) >= 11 is 0. The normalized spacial score (nSPS) is 16.4. The van der Waals surface area contributed by atoms with E-state index in [-0.39, 0.29) is 17.7 Å². The van der Waals surface area contributed by atoms with Gasteiger partial charge in [-0.2, -0.15) is 0 Å². The average molecular weight is 779 g/mol. The lowest BCUT2D eigenvalue weighted by atomic mass is 9.47. The van der Waals surface area contributed by atoms with E-state index < -0.39 is 0 Å². The third-order valence-corrected chi connectivity index (χ3v) is 14.8. The van der Waals surface area contributed by atoms with Gasteiger partial charge in [0.05, 0.1) is 11.4 Å². The zero-order valence-electron chi connectivity index (χ0n) is 35.9. The van der Waals surface area contributed by atoms with Crippen molar-refractivity contribution in [2.75, 3.05) is 4.90 Å². The second-order valence-corrected chi connectivity index (χ2v) is 19.5. The SMILES string of the molecule is CCC[C@H](C)c1ccc(N2c3cc(C)cc4c3B(c3oc5cc6c(cc5c32)C(C)(C)CCC6(C)C)n2c3ccc5ccccc5c3c3cccc-4c32)c(-c2ccccc2)c1. The van der Waals surface area contributed by atoms with Gasteiger partial charge in [0.15, 0.2) is 0 Å². The molecular weight excluding hydrogens is 727 g/mol. The molecule has 0 bridgehead atoms. The lowest BCUT2D eigenvalue weighted by Crippen LogP contribution is -2.56. The van der Waals surface area contributed by atoms with Gasteiger partial charge in [-0.05, 0) is 129 Å². The Hall–Kier alpha value is -6.00. The Morgan fingerprint density at radius 1 is 0.683 bits per heavy atom. The number of nitrogens with zero attached hydrogens (tertiary/aromatic N) is 2. The van der Waals surface area contributed by atoms with E-state index in [1.165, 1.54) is 105 Å². The second kappa shape index (κ2) is 12.5. The maximum Gasteiger partial charge on any atom is 0.375 e. The van der Waals surface area contributed by atoms with Gasteiger partial charge in [-0.1, -0.05) is 139 Å². The quantitative estimate of drug-likeness (QED) is 0.162. The van der Waals surface area contributed by atoms with Crippen LogP contribution in [0.3, 0.4) is 0 Å². The van der Waals surface area contributed by atoms with E-state index in [4.69, 9.17) is 4.42 Å². The van der Waals surface area contributed by atoms with Crippen LogP contribution in [-0.2, 0) is 10.8 Å². The number of hydrogen-bond donors (Lipinski definition) is 0. The van der Waals surface area contributed by atoms with Crippen LogP contribution in [0.25, 0.3) is 65.8 Å². The molecule has 9 aromatic rings. The molecule has 2 aromatic heterocycles. The van der Waals surface area contributed by atoms with Crippen LogP contribution in [0, 0.1) is 6.92 Å². The van der Waals surface area contributed by atoms with Crippen LogP contribution in [0.4, 0.5) is 17.1 Å². The summed E-state index contributed by atoms with van der Waals surface area (Å²) in [4.78, 5) is 2.61. The molecule has 4 heterocycles. The van der Waals surface area contributed by atoms with Gasteiger partial charge in [0, 0.05) is 44.0 Å². The smallest absolute Gasteiger partial charge is 0.375 e. The number of anilines is 3.